The van der Waals surface area contributed by atoms with E-state index in [0.717, 1.165) is 13.0 Å². The predicted molar refractivity (Wildman–Crippen MR) is 88.5 cm³/mol. The molecule has 0 aromatic rings. The van der Waals surface area contributed by atoms with Crippen molar-refractivity contribution >= 4 is 22.6 Å². The number of alkyl halides is 6. The molecule has 2 atom stereocenters. The van der Waals surface area contributed by atoms with Gasteiger partial charge in [-0.2, -0.15) is 34.8 Å². The first-order valence-corrected chi connectivity index (χ1v) is 9.71. The highest BCUT2D eigenvalue weighted by molar-refractivity contribution is 7.85. The molecule has 172 valence electrons. The van der Waals surface area contributed by atoms with E-state index < -0.39 is 57.2 Å². The van der Waals surface area contributed by atoms with Gasteiger partial charge in [0.2, 0.25) is 0 Å². The van der Waals surface area contributed by atoms with E-state index in [4.69, 9.17) is 9.29 Å². The van der Waals surface area contributed by atoms with Gasteiger partial charge in [-0.05, 0) is 26.3 Å². The molecular weight excluding hydrogens is 450 g/mol. The second kappa shape index (κ2) is 8.21. The topological polar surface area (TPSA) is 107 Å². The molecule has 0 heterocycles. The highest BCUT2D eigenvalue weighted by Gasteiger charge is 2.76. The zero-order valence-electron chi connectivity index (χ0n) is 15.6. The molecule has 0 bridgehead atoms. The van der Waals surface area contributed by atoms with Crippen molar-refractivity contribution in [3.05, 3.63) is 24.3 Å². The van der Waals surface area contributed by atoms with Crippen LogP contribution in [0.4, 0.5) is 26.3 Å². The highest BCUT2D eigenvalue weighted by Crippen LogP contribution is 2.48. The lowest BCUT2D eigenvalue weighted by Gasteiger charge is -2.39. The molecule has 1 aliphatic rings. The predicted octanol–water partition coefficient (Wildman–Crippen LogP) is 3.13. The van der Waals surface area contributed by atoms with Crippen LogP contribution in [0.5, 0.6) is 0 Å². The number of carbonyl (C=O) groups is 2. The normalized spacial score (nSPS) is 28.0. The fraction of sp³-hybridized carbons (Fsp3) is 0.625. The van der Waals surface area contributed by atoms with E-state index in [0.29, 0.717) is 0 Å². The molecule has 30 heavy (non-hydrogen) atoms. The summed E-state index contributed by atoms with van der Waals surface area (Å²) in [6, 6.07) is 0. The van der Waals surface area contributed by atoms with Crippen molar-refractivity contribution in [2.24, 2.45) is 5.41 Å². The maximum atomic E-state index is 13.4. The van der Waals surface area contributed by atoms with E-state index in [2.05, 4.69) is 4.74 Å². The first-order valence-electron chi connectivity index (χ1n) is 8.10. The van der Waals surface area contributed by atoms with Crippen molar-refractivity contribution in [2.75, 3.05) is 5.75 Å². The van der Waals surface area contributed by atoms with Gasteiger partial charge in [0.1, 0.15) is 11.4 Å². The number of hydrogen-bond acceptors (Lipinski definition) is 6. The van der Waals surface area contributed by atoms with Crippen molar-refractivity contribution in [3.63, 3.8) is 0 Å². The molecule has 1 aliphatic carbocycles. The van der Waals surface area contributed by atoms with Crippen LogP contribution < -0.4 is 0 Å². The Hall–Kier alpha value is -2.09. The first kappa shape index (κ1) is 25.9. The summed E-state index contributed by atoms with van der Waals surface area (Å²) < 4.78 is 120. The van der Waals surface area contributed by atoms with E-state index in [1.165, 1.54) is 25.2 Å². The molecule has 0 radical (unpaired) electrons. The Kier molecular flexibility index (Phi) is 7.10. The quantitative estimate of drug-likeness (QED) is 0.210. The first-order chi connectivity index (χ1) is 13.3. The summed E-state index contributed by atoms with van der Waals surface area (Å²) >= 11 is 0. The third kappa shape index (κ3) is 5.74. The standard InChI is InChI=1S/C16H18F6O7S/c1-12(6-4-3-5-7-13(2,8-12)28-10-23)11(24)29-14(15(17,18)19,16(20,21)22)9-30(25,26)27/h4-7,10H,3,8-9H2,1-2H3,(H,25,26,27)/b6-4+,7-5+. The number of carbonyl (C=O) groups excluding carboxylic acids is 2. The monoisotopic (exact) mass is 468 g/mol. The maximum absolute atomic E-state index is 13.4. The third-order valence-electron chi connectivity index (χ3n) is 4.30. The van der Waals surface area contributed by atoms with E-state index in [-0.39, 0.29) is 12.9 Å². The van der Waals surface area contributed by atoms with Crippen LogP contribution in [0.3, 0.4) is 0 Å². The van der Waals surface area contributed by atoms with Gasteiger partial charge in [-0.1, -0.05) is 18.2 Å². The van der Waals surface area contributed by atoms with Crippen LogP contribution in [0.25, 0.3) is 0 Å². The minimum Gasteiger partial charge on any atom is -0.457 e. The molecule has 0 amide bonds. The second-order valence-electron chi connectivity index (χ2n) is 7.10. The van der Waals surface area contributed by atoms with Gasteiger partial charge < -0.3 is 9.47 Å². The fourth-order valence-electron chi connectivity index (χ4n) is 2.90. The largest absolute Gasteiger partial charge is 0.457 e. The molecular formula is C16H18F6O7S. The molecule has 2 unspecified atom stereocenters. The highest BCUT2D eigenvalue weighted by atomic mass is 32.2. The third-order valence-corrected chi connectivity index (χ3v) is 5.07. The SMILES string of the molecule is CC1(OC=O)/C=C/C/C=C/C(C)(C(=O)OC(CS(=O)(=O)O)(C(F)(F)F)C(F)(F)F)C1. The van der Waals surface area contributed by atoms with Crippen LogP contribution in [0.2, 0.25) is 0 Å². The molecule has 7 nitrogen and oxygen atoms in total. The molecule has 0 aromatic heterocycles. The number of allylic oxidation sites excluding steroid dienone is 2. The summed E-state index contributed by atoms with van der Waals surface area (Å²) in [4.78, 5) is 23.3. The molecule has 0 fully saturated rings. The van der Waals surface area contributed by atoms with E-state index >= 15 is 0 Å². The van der Waals surface area contributed by atoms with Gasteiger partial charge in [-0.15, -0.1) is 0 Å². The number of hydrogen-bond donors (Lipinski definition) is 1. The van der Waals surface area contributed by atoms with Crippen molar-refractivity contribution in [1.29, 1.82) is 0 Å². The number of halogens is 6. The molecule has 0 aromatic carbocycles. The zero-order chi connectivity index (χ0) is 23.6. The van der Waals surface area contributed by atoms with E-state index in [1.807, 2.05) is 0 Å². The van der Waals surface area contributed by atoms with E-state index in [9.17, 15) is 44.3 Å². The average Bonchev–Trinajstić information content (AvgIpc) is 2.48. The van der Waals surface area contributed by atoms with Crippen molar-refractivity contribution < 1.29 is 58.4 Å². The number of rotatable bonds is 6. The Morgan fingerprint density at radius 3 is 2.03 bits per heavy atom. The molecule has 0 saturated carbocycles. The molecule has 1 N–H and O–H groups in total. The molecule has 0 aliphatic heterocycles. The second-order valence-corrected chi connectivity index (χ2v) is 8.55. The van der Waals surface area contributed by atoms with Crippen LogP contribution in [-0.2, 0) is 29.2 Å². The summed E-state index contributed by atoms with van der Waals surface area (Å²) in [5.41, 5.74) is -9.31. The Morgan fingerprint density at radius 2 is 1.60 bits per heavy atom. The summed E-state index contributed by atoms with van der Waals surface area (Å²) in [7, 11) is -5.91. The summed E-state index contributed by atoms with van der Waals surface area (Å²) in [5.74, 6) is -5.08. The van der Waals surface area contributed by atoms with Crippen molar-refractivity contribution in [2.45, 2.75) is 50.2 Å². The van der Waals surface area contributed by atoms with Crippen molar-refractivity contribution in [3.8, 4) is 0 Å². The molecule has 1 rings (SSSR count). The van der Waals surface area contributed by atoms with Crippen LogP contribution in [0.15, 0.2) is 24.3 Å². The van der Waals surface area contributed by atoms with Gasteiger partial charge in [-0.25, -0.2) is 0 Å². The smallest absolute Gasteiger partial charge is 0.438 e. The van der Waals surface area contributed by atoms with Gasteiger partial charge in [0.25, 0.3) is 16.6 Å². The molecule has 0 spiro atoms. The number of esters is 1. The van der Waals surface area contributed by atoms with Crippen molar-refractivity contribution in [1.82, 2.24) is 0 Å². The number of ether oxygens (including phenoxy) is 2. The Morgan fingerprint density at radius 1 is 1.10 bits per heavy atom. The Labute approximate surface area is 167 Å². The maximum Gasteiger partial charge on any atom is 0.438 e. The molecule has 14 heteroatoms. The Bertz CT molecular complexity index is 816. The fourth-order valence-corrected chi connectivity index (χ4v) is 3.80. The zero-order valence-corrected chi connectivity index (χ0v) is 16.4. The summed E-state index contributed by atoms with van der Waals surface area (Å²) in [5, 5.41) is 0. The summed E-state index contributed by atoms with van der Waals surface area (Å²) in [6.07, 6.45) is -8.42. The molecule has 0 saturated heterocycles. The van der Waals surface area contributed by atoms with Crippen LogP contribution in [-0.4, -0.2) is 54.7 Å². The van der Waals surface area contributed by atoms with Crippen LogP contribution in [0, 0.1) is 5.41 Å². The lowest BCUT2D eigenvalue weighted by molar-refractivity contribution is -0.363. The van der Waals surface area contributed by atoms with Gasteiger partial charge in [-0.3, -0.25) is 14.1 Å². The van der Waals surface area contributed by atoms with Crippen LogP contribution >= 0.6 is 0 Å². The minimum absolute atomic E-state index is 0.0184. The minimum atomic E-state index is -6.44. The van der Waals surface area contributed by atoms with Gasteiger partial charge in [0, 0.05) is 6.42 Å². The average molecular weight is 468 g/mol. The van der Waals surface area contributed by atoms with E-state index in [1.54, 1.807) is 0 Å². The van der Waals surface area contributed by atoms with Gasteiger partial charge in [0.05, 0.1) is 5.41 Å². The van der Waals surface area contributed by atoms with Crippen LogP contribution in [0.1, 0.15) is 26.7 Å². The van der Waals surface area contributed by atoms with Gasteiger partial charge >= 0.3 is 23.9 Å². The summed E-state index contributed by atoms with van der Waals surface area (Å²) in [6.45, 7) is 2.17. The lowest BCUT2D eigenvalue weighted by Crippen LogP contribution is -2.64. The van der Waals surface area contributed by atoms with Gasteiger partial charge in [0.15, 0.2) is 0 Å². The lowest BCUT2D eigenvalue weighted by atomic mass is 9.77. The Balaban J connectivity index is 3.53.